The van der Waals surface area contributed by atoms with E-state index in [2.05, 4.69) is 0 Å². The molecule has 6 heteroatoms. The highest BCUT2D eigenvalue weighted by Gasteiger charge is 2.22. The lowest BCUT2D eigenvalue weighted by atomic mass is 10.2. The molecule has 6 nitrogen and oxygen atoms in total. The third-order valence-corrected chi connectivity index (χ3v) is 2.54. The molecule has 1 aliphatic heterocycles. The van der Waals surface area contributed by atoms with Gasteiger partial charge >= 0.3 is 5.97 Å². The standard InChI is InChI=1S/C10H18N2O4/c1-16-6-5-11(8-10(14)15)7-9(13)12-3-2-4-12/h2-8H2,1H3,(H,14,15). The molecule has 0 unspecified atom stereocenters. The molecule has 0 aromatic heterocycles. The number of likely N-dealkylation sites (tertiary alicyclic amines) is 1. The van der Waals surface area contributed by atoms with E-state index in [0.29, 0.717) is 13.2 Å². The Bertz CT molecular complexity index is 253. The average Bonchev–Trinajstić information content (AvgIpc) is 2.10. The summed E-state index contributed by atoms with van der Waals surface area (Å²) < 4.78 is 4.88. The van der Waals surface area contributed by atoms with Crippen LogP contribution in [0.2, 0.25) is 0 Å². The number of hydrogen-bond donors (Lipinski definition) is 1. The molecule has 0 aromatic rings. The van der Waals surface area contributed by atoms with E-state index in [4.69, 9.17) is 9.84 Å². The third kappa shape index (κ3) is 4.16. The Kier molecular flexibility index (Phi) is 5.21. The van der Waals surface area contributed by atoms with Crippen LogP contribution in [-0.2, 0) is 14.3 Å². The smallest absolute Gasteiger partial charge is 0.317 e. The average molecular weight is 230 g/mol. The maximum Gasteiger partial charge on any atom is 0.317 e. The summed E-state index contributed by atoms with van der Waals surface area (Å²) in [4.78, 5) is 25.6. The van der Waals surface area contributed by atoms with Crippen LogP contribution in [-0.4, -0.2) is 73.2 Å². The minimum Gasteiger partial charge on any atom is -0.480 e. The molecule has 92 valence electrons. The van der Waals surface area contributed by atoms with Gasteiger partial charge in [0.2, 0.25) is 5.91 Å². The molecule has 1 N–H and O–H groups in total. The Labute approximate surface area is 94.8 Å². The molecule has 1 heterocycles. The van der Waals surface area contributed by atoms with Crippen molar-refractivity contribution < 1.29 is 19.4 Å². The molecule has 0 atom stereocenters. The fraction of sp³-hybridized carbons (Fsp3) is 0.800. The van der Waals surface area contributed by atoms with Gasteiger partial charge in [-0.25, -0.2) is 0 Å². The highest BCUT2D eigenvalue weighted by molar-refractivity contribution is 5.79. The van der Waals surface area contributed by atoms with Crippen LogP contribution < -0.4 is 0 Å². The number of carbonyl (C=O) groups excluding carboxylic acids is 1. The van der Waals surface area contributed by atoms with Crippen LogP contribution in [0.5, 0.6) is 0 Å². The number of carboxylic acid groups (broad SMARTS) is 1. The maximum absolute atomic E-state index is 11.6. The summed E-state index contributed by atoms with van der Waals surface area (Å²) in [6.45, 7) is 2.52. The van der Waals surface area contributed by atoms with Crippen molar-refractivity contribution in [3.8, 4) is 0 Å². The van der Waals surface area contributed by atoms with Crippen LogP contribution in [0.15, 0.2) is 0 Å². The zero-order chi connectivity index (χ0) is 12.0. The van der Waals surface area contributed by atoms with Crippen molar-refractivity contribution in [2.45, 2.75) is 6.42 Å². The van der Waals surface area contributed by atoms with Crippen molar-refractivity contribution in [1.82, 2.24) is 9.80 Å². The highest BCUT2D eigenvalue weighted by Crippen LogP contribution is 2.06. The molecule has 0 spiro atoms. The zero-order valence-corrected chi connectivity index (χ0v) is 9.52. The lowest BCUT2D eigenvalue weighted by Crippen LogP contribution is -2.48. The maximum atomic E-state index is 11.6. The predicted octanol–water partition coefficient (Wildman–Crippen LogP) is -0.748. The van der Waals surface area contributed by atoms with Gasteiger partial charge in [0.15, 0.2) is 0 Å². The lowest BCUT2D eigenvalue weighted by molar-refractivity contribution is -0.140. The van der Waals surface area contributed by atoms with Crippen LogP contribution in [0.1, 0.15) is 6.42 Å². The number of carboxylic acids is 1. The van der Waals surface area contributed by atoms with Gasteiger partial charge in [0, 0.05) is 26.7 Å². The normalized spacial score (nSPS) is 15.0. The van der Waals surface area contributed by atoms with Gasteiger partial charge < -0.3 is 14.7 Å². The zero-order valence-electron chi connectivity index (χ0n) is 9.52. The number of aliphatic carboxylic acids is 1. The number of carbonyl (C=O) groups is 2. The first kappa shape index (κ1) is 12.9. The number of ether oxygens (including phenoxy) is 1. The summed E-state index contributed by atoms with van der Waals surface area (Å²) in [6, 6.07) is 0. The van der Waals surface area contributed by atoms with Crippen molar-refractivity contribution in [2.75, 3.05) is 46.4 Å². The van der Waals surface area contributed by atoms with Gasteiger partial charge in [-0.3, -0.25) is 14.5 Å². The second-order valence-electron chi connectivity index (χ2n) is 3.83. The fourth-order valence-electron chi connectivity index (χ4n) is 1.48. The first-order chi connectivity index (χ1) is 7.63. The number of hydrogen-bond acceptors (Lipinski definition) is 4. The summed E-state index contributed by atoms with van der Waals surface area (Å²) in [5.41, 5.74) is 0. The van der Waals surface area contributed by atoms with E-state index in [1.165, 1.54) is 0 Å². The molecule has 0 saturated carbocycles. The van der Waals surface area contributed by atoms with Crippen molar-refractivity contribution in [3.63, 3.8) is 0 Å². The summed E-state index contributed by atoms with van der Waals surface area (Å²) in [6.07, 6.45) is 1.04. The first-order valence-electron chi connectivity index (χ1n) is 5.34. The lowest BCUT2D eigenvalue weighted by Gasteiger charge is -2.32. The van der Waals surface area contributed by atoms with Crippen LogP contribution in [0.3, 0.4) is 0 Å². The summed E-state index contributed by atoms with van der Waals surface area (Å²) >= 11 is 0. The molecular formula is C10H18N2O4. The van der Waals surface area contributed by atoms with E-state index in [1.807, 2.05) is 0 Å². The van der Waals surface area contributed by atoms with Crippen molar-refractivity contribution in [3.05, 3.63) is 0 Å². The van der Waals surface area contributed by atoms with Crippen LogP contribution >= 0.6 is 0 Å². The Morgan fingerprint density at radius 3 is 2.50 bits per heavy atom. The SMILES string of the molecule is COCCN(CC(=O)O)CC(=O)N1CCC1. The second kappa shape index (κ2) is 6.44. The van der Waals surface area contributed by atoms with Crippen LogP contribution in [0.25, 0.3) is 0 Å². The molecule has 0 aromatic carbocycles. The molecular weight excluding hydrogens is 212 g/mol. The fourth-order valence-corrected chi connectivity index (χ4v) is 1.48. The van der Waals surface area contributed by atoms with Crippen molar-refractivity contribution >= 4 is 11.9 Å². The minimum absolute atomic E-state index is 0.00334. The summed E-state index contributed by atoms with van der Waals surface area (Å²) in [7, 11) is 1.55. The van der Waals surface area contributed by atoms with Gasteiger partial charge in [-0.2, -0.15) is 0 Å². The number of nitrogens with zero attached hydrogens (tertiary/aromatic N) is 2. The highest BCUT2D eigenvalue weighted by atomic mass is 16.5. The molecule has 0 aliphatic carbocycles. The van der Waals surface area contributed by atoms with E-state index in [0.717, 1.165) is 19.5 Å². The third-order valence-electron chi connectivity index (χ3n) is 2.54. The summed E-state index contributed by atoms with van der Waals surface area (Å²) in [5.74, 6) is -0.920. The second-order valence-corrected chi connectivity index (χ2v) is 3.83. The molecule has 1 rings (SSSR count). The van der Waals surface area contributed by atoms with Crippen LogP contribution in [0, 0.1) is 0 Å². The van der Waals surface area contributed by atoms with E-state index in [1.54, 1.807) is 16.9 Å². The van der Waals surface area contributed by atoms with E-state index >= 15 is 0 Å². The van der Waals surface area contributed by atoms with Crippen LogP contribution in [0.4, 0.5) is 0 Å². The van der Waals surface area contributed by atoms with Gasteiger partial charge in [-0.05, 0) is 6.42 Å². The first-order valence-corrected chi connectivity index (χ1v) is 5.34. The van der Waals surface area contributed by atoms with E-state index < -0.39 is 5.97 Å². The minimum atomic E-state index is -0.924. The Morgan fingerprint density at radius 1 is 1.38 bits per heavy atom. The van der Waals surface area contributed by atoms with E-state index in [9.17, 15) is 9.59 Å². The quantitative estimate of drug-likeness (QED) is 0.623. The summed E-state index contributed by atoms with van der Waals surface area (Å²) in [5, 5.41) is 8.70. The van der Waals surface area contributed by atoms with Gasteiger partial charge in [-0.15, -0.1) is 0 Å². The largest absolute Gasteiger partial charge is 0.480 e. The molecule has 16 heavy (non-hydrogen) atoms. The molecule has 1 saturated heterocycles. The molecule has 1 amide bonds. The predicted molar refractivity (Wildman–Crippen MR) is 57.1 cm³/mol. The van der Waals surface area contributed by atoms with Gasteiger partial charge in [0.1, 0.15) is 0 Å². The Hall–Kier alpha value is -1.14. The van der Waals surface area contributed by atoms with Gasteiger partial charge in [0.25, 0.3) is 0 Å². The molecule has 0 radical (unpaired) electrons. The van der Waals surface area contributed by atoms with Gasteiger partial charge in [-0.1, -0.05) is 0 Å². The van der Waals surface area contributed by atoms with Gasteiger partial charge in [0.05, 0.1) is 19.7 Å². The number of methoxy groups -OCH3 is 1. The molecule has 0 bridgehead atoms. The van der Waals surface area contributed by atoms with E-state index in [-0.39, 0.29) is 19.0 Å². The topological polar surface area (TPSA) is 70.1 Å². The van der Waals surface area contributed by atoms with Crippen molar-refractivity contribution in [1.29, 1.82) is 0 Å². The monoisotopic (exact) mass is 230 g/mol. The number of amides is 1. The molecule has 1 aliphatic rings. The Morgan fingerprint density at radius 2 is 2.06 bits per heavy atom. The number of rotatable bonds is 7. The van der Waals surface area contributed by atoms with Crippen molar-refractivity contribution in [2.24, 2.45) is 0 Å². The molecule has 1 fully saturated rings. The Balaban J connectivity index is 2.34.